The lowest BCUT2D eigenvalue weighted by Gasteiger charge is -2.15. The smallest absolute Gasteiger partial charge is 0.423 e. The maximum Gasteiger partial charge on any atom is 0.488 e. The van der Waals surface area contributed by atoms with E-state index in [9.17, 15) is 14.4 Å². The Morgan fingerprint density at radius 3 is 2.85 bits per heavy atom. The summed E-state index contributed by atoms with van der Waals surface area (Å²) < 4.78 is 15.2. The highest BCUT2D eigenvalue weighted by molar-refractivity contribution is 6.59. The van der Waals surface area contributed by atoms with Gasteiger partial charge in [0.2, 0.25) is 0 Å². The lowest BCUT2D eigenvalue weighted by molar-refractivity contribution is 0.424. The standard InChI is InChI=1S/C14H16BFN2O2/c16-11-6-5-10(12(7-11)15(19)20)8-18-9-17-13-3-1-2-4-14(13)18/h5-7,9,19-20H,1-4,8H2. The molecule has 0 unspecified atom stereocenters. The molecule has 0 fully saturated rings. The molecule has 1 aliphatic carbocycles. The summed E-state index contributed by atoms with van der Waals surface area (Å²) in [4.78, 5) is 4.41. The van der Waals surface area contributed by atoms with Crippen LogP contribution >= 0.6 is 0 Å². The van der Waals surface area contributed by atoms with Gasteiger partial charge in [-0.2, -0.15) is 0 Å². The third-order valence-corrected chi connectivity index (χ3v) is 3.84. The summed E-state index contributed by atoms with van der Waals surface area (Å²) >= 11 is 0. The molecule has 104 valence electrons. The second-order valence-corrected chi connectivity index (χ2v) is 5.19. The average Bonchev–Trinajstić information content (AvgIpc) is 2.84. The van der Waals surface area contributed by atoms with Crippen LogP contribution in [0.5, 0.6) is 0 Å². The zero-order valence-electron chi connectivity index (χ0n) is 11.1. The van der Waals surface area contributed by atoms with Crippen LogP contribution in [-0.2, 0) is 19.4 Å². The Morgan fingerprint density at radius 1 is 1.25 bits per heavy atom. The fourth-order valence-corrected chi connectivity index (χ4v) is 2.80. The molecule has 3 rings (SSSR count). The molecule has 0 saturated heterocycles. The Morgan fingerprint density at radius 2 is 2.05 bits per heavy atom. The van der Waals surface area contributed by atoms with Gasteiger partial charge in [0.05, 0.1) is 12.0 Å². The van der Waals surface area contributed by atoms with E-state index >= 15 is 0 Å². The van der Waals surface area contributed by atoms with Gasteiger partial charge in [-0.05, 0) is 48.8 Å². The molecule has 2 aromatic rings. The Bertz CT molecular complexity index is 628. The van der Waals surface area contributed by atoms with Gasteiger partial charge in [0, 0.05) is 12.2 Å². The topological polar surface area (TPSA) is 58.3 Å². The van der Waals surface area contributed by atoms with E-state index in [2.05, 4.69) is 4.98 Å². The average molecular weight is 274 g/mol. The molecule has 4 nitrogen and oxygen atoms in total. The Hall–Kier alpha value is -1.66. The van der Waals surface area contributed by atoms with E-state index in [1.165, 1.54) is 24.2 Å². The molecular formula is C14H16BFN2O2. The van der Waals surface area contributed by atoms with Crippen molar-refractivity contribution < 1.29 is 14.4 Å². The highest BCUT2D eigenvalue weighted by Gasteiger charge is 2.19. The molecule has 1 heterocycles. The second-order valence-electron chi connectivity index (χ2n) is 5.19. The number of rotatable bonds is 3. The van der Waals surface area contributed by atoms with Crippen LogP contribution in [0.3, 0.4) is 0 Å². The molecule has 0 radical (unpaired) electrons. The first-order valence-electron chi connectivity index (χ1n) is 6.82. The van der Waals surface area contributed by atoms with Crippen molar-refractivity contribution in [2.45, 2.75) is 32.2 Å². The zero-order chi connectivity index (χ0) is 14.1. The molecule has 6 heteroatoms. The third kappa shape index (κ3) is 2.49. The molecule has 0 saturated carbocycles. The molecule has 1 aromatic heterocycles. The maximum absolute atomic E-state index is 13.2. The largest absolute Gasteiger partial charge is 0.488 e. The number of hydrogen-bond donors (Lipinski definition) is 2. The normalized spacial score (nSPS) is 14.2. The summed E-state index contributed by atoms with van der Waals surface area (Å²) in [5.74, 6) is -0.468. The Balaban J connectivity index is 1.93. The number of imidazole rings is 1. The number of hydrogen-bond acceptors (Lipinski definition) is 3. The lowest BCUT2D eigenvalue weighted by atomic mass is 9.77. The molecule has 1 aliphatic rings. The van der Waals surface area contributed by atoms with Gasteiger partial charge in [-0.1, -0.05) is 6.07 Å². The van der Waals surface area contributed by atoms with Gasteiger partial charge < -0.3 is 14.6 Å². The van der Waals surface area contributed by atoms with Crippen molar-refractivity contribution in [2.75, 3.05) is 0 Å². The summed E-state index contributed by atoms with van der Waals surface area (Å²) in [5, 5.41) is 18.7. The highest BCUT2D eigenvalue weighted by Crippen LogP contribution is 2.20. The van der Waals surface area contributed by atoms with Crippen LogP contribution in [0, 0.1) is 5.82 Å². The minimum Gasteiger partial charge on any atom is -0.423 e. The van der Waals surface area contributed by atoms with Crippen molar-refractivity contribution in [3.63, 3.8) is 0 Å². The number of aromatic nitrogens is 2. The van der Waals surface area contributed by atoms with Gasteiger partial charge in [-0.15, -0.1) is 0 Å². The number of benzene rings is 1. The van der Waals surface area contributed by atoms with Gasteiger partial charge in [0.15, 0.2) is 0 Å². The molecule has 0 spiro atoms. The van der Waals surface area contributed by atoms with E-state index in [1.807, 2.05) is 4.57 Å². The SMILES string of the molecule is OB(O)c1cc(F)ccc1Cn1cnc2c1CCCC2. The summed E-state index contributed by atoms with van der Waals surface area (Å²) in [5.41, 5.74) is 3.25. The van der Waals surface area contributed by atoms with Crippen molar-refractivity contribution in [1.29, 1.82) is 0 Å². The second kappa shape index (κ2) is 5.38. The van der Waals surface area contributed by atoms with Crippen molar-refractivity contribution in [3.8, 4) is 0 Å². The van der Waals surface area contributed by atoms with Crippen LogP contribution in [0.15, 0.2) is 24.5 Å². The van der Waals surface area contributed by atoms with Crippen LogP contribution in [0.4, 0.5) is 4.39 Å². The minimum absolute atomic E-state index is 0.211. The van der Waals surface area contributed by atoms with Gasteiger partial charge in [0.25, 0.3) is 0 Å². The van der Waals surface area contributed by atoms with Gasteiger partial charge >= 0.3 is 7.12 Å². The quantitative estimate of drug-likeness (QED) is 0.807. The van der Waals surface area contributed by atoms with Gasteiger partial charge in [-0.25, -0.2) is 9.37 Å². The molecule has 1 aromatic carbocycles. The van der Waals surface area contributed by atoms with Crippen molar-refractivity contribution in [1.82, 2.24) is 9.55 Å². The Kier molecular flexibility index (Phi) is 3.59. The predicted molar refractivity (Wildman–Crippen MR) is 74.2 cm³/mol. The van der Waals surface area contributed by atoms with Crippen LogP contribution in [0.25, 0.3) is 0 Å². The molecule has 2 N–H and O–H groups in total. The monoisotopic (exact) mass is 274 g/mol. The van der Waals surface area contributed by atoms with E-state index in [0.29, 0.717) is 12.1 Å². The number of nitrogens with zero attached hydrogens (tertiary/aromatic N) is 2. The maximum atomic E-state index is 13.2. The number of aryl methyl sites for hydroxylation is 1. The van der Waals surface area contributed by atoms with Crippen LogP contribution < -0.4 is 5.46 Å². The minimum atomic E-state index is -1.67. The van der Waals surface area contributed by atoms with E-state index in [4.69, 9.17) is 0 Å². The van der Waals surface area contributed by atoms with E-state index in [0.717, 1.165) is 25.0 Å². The predicted octanol–water partition coefficient (Wildman–Crippen LogP) is 0.629. The first-order chi connectivity index (χ1) is 9.65. The van der Waals surface area contributed by atoms with Gasteiger partial charge in [-0.3, -0.25) is 0 Å². The molecule has 0 aliphatic heterocycles. The fraction of sp³-hybridized carbons (Fsp3) is 0.357. The summed E-state index contributed by atoms with van der Waals surface area (Å²) in [6.45, 7) is 0.482. The fourth-order valence-electron chi connectivity index (χ4n) is 2.80. The molecular weight excluding hydrogens is 258 g/mol. The molecule has 0 amide bonds. The van der Waals surface area contributed by atoms with Crippen LogP contribution in [0.1, 0.15) is 29.8 Å². The molecule has 0 atom stereocenters. The van der Waals surface area contributed by atoms with Crippen molar-refractivity contribution in [3.05, 3.63) is 47.3 Å². The summed E-state index contributed by atoms with van der Waals surface area (Å²) in [6.07, 6.45) is 6.10. The first-order valence-corrected chi connectivity index (χ1v) is 6.82. The zero-order valence-corrected chi connectivity index (χ0v) is 11.1. The van der Waals surface area contributed by atoms with E-state index in [1.54, 1.807) is 12.4 Å². The lowest BCUT2D eigenvalue weighted by Crippen LogP contribution is -2.34. The highest BCUT2D eigenvalue weighted by atomic mass is 19.1. The van der Waals surface area contributed by atoms with Crippen molar-refractivity contribution in [2.24, 2.45) is 0 Å². The van der Waals surface area contributed by atoms with Gasteiger partial charge in [0.1, 0.15) is 5.82 Å². The van der Waals surface area contributed by atoms with E-state index in [-0.39, 0.29) is 5.46 Å². The van der Waals surface area contributed by atoms with Crippen LogP contribution in [-0.4, -0.2) is 26.7 Å². The number of halogens is 1. The van der Waals surface area contributed by atoms with Crippen LogP contribution in [0.2, 0.25) is 0 Å². The first kappa shape index (κ1) is 13.3. The van der Waals surface area contributed by atoms with Crippen molar-refractivity contribution >= 4 is 12.6 Å². The third-order valence-electron chi connectivity index (χ3n) is 3.84. The molecule has 0 bridgehead atoms. The number of fused-ring (bicyclic) bond motifs is 1. The summed E-state index contributed by atoms with van der Waals surface area (Å²) in [6, 6.07) is 4.10. The molecule has 20 heavy (non-hydrogen) atoms. The summed E-state index contributed by atoms with van der Waals surface area (Å²) in [7, 11) is -1.67. The van der Waals surface area contributed by atoms with E-state index < -0.39 is 12.9 Å². The Labute approximate surface area is 117 Å².